The molecule has 1 aromatic heterocycles. The van der Waals surface area contributed by atoms with Crippen molar-refractivity contribution >= 4 is 29.1 Å². The highest BCUT2D eigenvalue weighted by Gasteiger charge is 2.42. The highest BCUT2D eigenvalue weighted by Crippen LogP contribution is 2.49. The zero-order chi connectivity index (χ0) is 13.5. The van der Waals surface area contributed by atoms with Crippen LogP contribution in [0.15, 0.2) is 6.07 Å². The summed E-state index contributed by atoms with van der Waals surface area (Å²) in [5.41, 5.74) is 3.01. The van der Waals surface area contributed by atoms with Crippen LogP contribution in [0.3, 0.4) is 0 Å². The number of halogens is 1. The fourth-order valence-corrected chi connectivity index (χ4v) is 3.25. The second-order valence-corrected chi connectivity index (χ2v) is 7.17. The van der Waals surface area contributed by atoms with Crippen molar-refractivity contribution < 1.29 is 4.79 Å². The third kappa shape index (κ3) is 2.48. The van der Waals surface area contributed by atoms with Gasteiger partial charge in [-0.25, -0.2) is 0 Å². The van der Waals surface area contributed by atoms with Crippen LogP contribution >= 0.6 is 23.4 Å². The molecule has 0 saturated heterocycles. The van der Waals surface area contributed by atoms with Crippen LogP contribution in [0.25, 0.3) is 0 Å². The largest absolute Gasteiger partial charge is 0.347 e. The van der Waals surface area contributed by atoms with Gasteiger partial charge in [0.25, 0.3) is 0 Å². The molecule has 0 aromatic carbocycles. The van der Waals surface area contributed by atoms with Gasteiger partial charge < -0.3 is 4.57 Å². The van der Waals surface area contributed by atoms with Crippen LogP contribution in [0, 0.1) is 13.8 Å². The minimum absolute atomic E-state index is 0.0324. The number of ketones is 1. The molecule has 2 nitrogen and oxygen atoms in total. The zero-order valence-electron chi connectivity index (χ0n) is 11.4. The molecule has 1 aromatic rings. The summed E-state index contributed by atoms with van der Waals surface area (Å²) >= 11 is 7.85. The van der Waals surface area contributed by atoms with Gasteiger partial charge in [-0.05, 0) is 45.9 Å². The number of aryl methyl sites for hydroxylation is 1. The van der Waals surface area contributed by atoms with Crippen molar-refractivity contribution in [3.63, 3.8) is 0 Å². The number of Topliss-reactive ketones (excluding diaryl/α,β-unsaturated/α-hetero) is 1. The summed E-state index contributed by atoms with van der Waals surface area (Å²) in [7, 11) is 0. The average Bonchev–Trinajstić information content (AvgIpc) is 3.06. The molecule has 100 valence electrons. The molecule has 1 saturated carbocycles. The molecular formula is C14H20ClNOS. The summed E-state index contributed by atoms with van der Waals surface area (Å²) in [5, 5.41) is -0.450. The maximum absolute atomic E-state index is 12.0. The van der Waals surface area contributed by atoms with E-state index in [0.29, 0.717) is 4.75 Å². The lowest BCUT2D eigenvalue weighted by atomic mass is 10.1. The maximum Gasteiger partial charge on any atom is 0.182 e. The molecule has 1 atom stereocenters. The molecule has 1 aliphatic carbocycles. The van der Waals surface area contributed by atoms with Crippen LogP contribution in [-0.2, 0) is 6.54 Å². The number of nitrogens with zero attached hydrogens (tertiary/aromatic N) is 1. The van der Waals surface area contributed by atoms with Gasteiger partial charge in [0, 0.05) is 28.2 Å². The van der Waals surface area contributed by atoms with E-state index in [1.165, 1.54) is 12.8 Å². The van der Waals surface area contributed by atoms with Gasteiger partial charge >= 0.3 is 0 Å². The molecule has 0 aliphatic heterocycles. The summed E-state index contributed by atoms with van der Waals surface area (Å²) in [5.74, 6) is 0.0324. The lowest BCUT2D eigenvalue weighted by molar-refractivity contribution is 0.0991. The van der Waals surface area contributed by atoms with Crippen molar-refractivity contribution in [2.24, 2.45) is 0 Å². The number of rotatable bonds is 5. The second-order valence-electron chi connectivity index (χ2n) is 5.24. The Bertz CT molecular complexity index is 474. The third-order valence-corrected chi connectivity index (χ3v) is 5.49. The first-order valence-electron chi connectivity index (χ1n) is 6.30. The number of hydrogen-bond donors (Lipinski definition) is 0. The summed E-state index contributed by atoms with van der Waals surface area (Å²) in [6, 6.07) is 1.98. The summed E-state index contributed by atoms with van der Waals surface area (Å²) in [6.45, 7) is 6.84. The van der Waals surface area contributed by atoms with Crippen molar-refractivity contribution in [1.82, 2.24) is 4.57 Å². The lowest BCUT2D eigenvalue weighted by Gasteiger charge is -2.17. The van der Waals surface area contributed by atoms with Crippen LogP contribution < -0.4 is 0 Å². The smallest absolute Gasteiger partial charge is 0.182 e. The molecule has 1 fully saturated rings. The molecule has 0 radical (unpaired) electrons. The Morgan fingerprint density at radius 2 is 2.17 bits per heavy atom. The minimum Gasteiger partial charge on any atom is -0.347 e. The van der Waals surface area contributed by atoms with Crippen LogP contribution in [0.5, 0.6) is 0 Å². The highest BCUT2D eigenvalue weighted by molar-refractivity contribution is 8.00. The van der Waals surface area contributed by atoms with Crippen molar-refractivity contribution in [2.75, 3.05) is 6.26 Å². The molecule has 0 amide bonds. The predicted octanol–water partition coefficient (Wildman–Crippen LogP) is 3.81. The van der Waals surface area contributed by atoms with E-state index in [4.69, 9.17) is 11.6 Å². The van der Waals surface area contributed by atoms with E-state index in [0.717, 1.165) is 23.5 Å². The van der Waals surface area contributed by atoms with Gasteiger partial charge in [-0.2, -0.15) is 11.8 Å². The minimum atomic E-state index is -0.450. The normalized spacial score (nSPS) is 18.7. The first-order valence-corrected chi connectivity index (χ1v) is 7.96. The van der Waals surface area contributed by atoms with Gasteiger partial charge in [0.1, 0.15) is 0 Å². The van der Waals surface area contributed by atoms with Crippen LogP contribution in [0.4, 0.5) is 0 Å². The van der Waals surface area contributed by atoms with E-state index in [1.807, 2.05) is 24.8 Å². The van der Waals surface area contributed by atoms with E-state index >= 15 is 0 Å². The Kier molecular flexibility index (Phi) is 3.84. The quantitative estimate of drug-likeness (QED) is 0.606. The van der Waals surface area contributed by atoms with E-state index < -0.39 is 5.38 Å². The Morgan fingerprint density at radius 3 is 2.61 bits per heavy atom. The van der Waals surface area contributed by atoms with E-state index in [-0.39, 0.29) is 5.78 Å². The van der Waals surface area contributed by atoms with Crippen molar-refractivity contribution in [1.29, 1.82) is 0 Å². The predicted molar refractivity (Wildman–Crippen MR) is 79.0 cm³/mol. The van der Waals surface area contributed by atoms with Crippen molar-refractivity contribution in [3.8, 4) is 0 Å². The standard InChI is InChI=1S/C14H20ClNOS/c1-9-7-12(13(17)10(2)15)11(3)16(9)8-14(18-4)5-6-14/h7,10H,5-6,8H2,1-4H3. The molecular weight excluding hydrogens is 266 g/mol. The number of aromatic nitrogens is 1. The van der Waals surface area contributed by atoms with Crippen LogP contribution in [0.1, 0.15) is 41.5 Å². The molecule has 1 aliphatic rings. The van der Waals surface area contributed by atoms with Gasteiger partial charge in [-0.3, -0.25) is 4.79 Å². The third-order valence-electron chi connectivity index (χ3n) is 3.89. The first-order chi connectivity index (χ1) is 8.40. The average molecular weight is 286 g/mol. The molecule has 0 spiro atoms. The van der Waals surface area contributed by atoms with E-state index in [2.05, 4.69) is 17.7 Å². The van der Waals surface area contributed by atoms with Crippen LogP contribution in [-0.4, -0.2) is 26.7 Å². The molecule has 18 heavy (non-hydrogen) atoms. The molecule has 4 heteroatoms. The Balaban J connectivity index is 2.29. The first kappa shape index (κ1) is 14.0. The summed E-state index contributed by atoms with van der Waals surface area (Å²) < 4.78 is 2.68. The topological polar surface area (TPSA) is 22.0 Å². The SMILES string of the molecule is CSC1(Cn2c(C)cc(C(=O)C(C)Cl)c2C)CC1. The number of carbonyl (C=O) groups excluding carboxylic acids is 1. The number of alkyl halides is 1. The number of thioether (sulfide) groups is 1. The van der Waals surface area contributed by atoms with Crippen LogP contribution in [0.2, 0.25) is 0 Å². The molecule has 0 bridgehead atoms. The summed E-state index contributed by atoms with van der Waals surface area (Å²) in [6.07, 6.45) is 4.73. The highest BCUT2D eigenvalue weighted by atomic mass is 35.5. The Labute approximate surface area is 118 Å². The fraction of sp³-hybridized carbons (Fsp3) is 0.643. The van der Waals surface area contributed by atoms with Gasteiger partial charge in [0.05, 0.1) is 5.38 Å². The maximum atomic E-state index is 12.0. The second kappa shape index (κ2) is 4.93. The number of carbonyl (C=O) groups is 1. The van der Waals surface area contributed by atoms with Crippen molar-refractivity contribution in [3.05, 3.63) is 23.0 Å². The summed E-state index contributed by atoms with van der Waals surface area (Å²) in [4.78, 5) is 12.0. The van der Waals surface area contributed by atoms with Gasteiger partial charge in [-0.1, -0.05) is 0 Å². The Morgan fingerprint density at radius 1 is 1.56 bits per heavy atom. The molecule has 0 N–H and O–H groups in total. The molecule has 1 heterocycles. The molecule has 1 unspecified atom stereocenters. The van der Waals surface area contributed by atoms with E-state index in [9.17, 15) is 4.79 Å². The number of hydrogen-bond acceptors (Lipinski definition) is 2. The van der Waals surface area contributed by atoms with Gasteiger partial charge in [-0.15, -0.1) is 11.6 Å². The van der Waals surface area contributed by atoms with E-state index in [1.54, 1.807) is 6.92 Å². The fourth-order valence-electron chi connectivity index (χ4n) is 2.36. The monoisotopic (exact) mass is 285 g/mol. The zero-order valence-corrected chi connectivity index (χ0v) is 13.0. The van der Waals surface area contributed by atoms with Crippen molar-refractivity contribution in [2.45, 2.75) is 50.3 Å². The van der Waals surface area contributed by atoms with Gasteiger partial charge in [0.2, 0.25) is 0 Å². The van der Waals surface area contributed by atoms with Gasteiger partial charge in [0.15, 0.2) is 5.78 Å². The Hall–Kier alpha value is -0.410. The lowest BCUT2D eigenvalue weighted by Crippen LogP contribution is -2.17. The molecule has 2 rings (SSSR count).